The van der Waals surface area contributed by atoms with Gasteiger partial charge >= 0.3 is 0 Å². The van der Waals surface area contributed by atoms with E-state index in [1.54, 1.807) is 6.20 Å². The molecule has 0 radical (unpaired) electrons. The lowest BCUT2D eigenvalue weighted by molar-refractivity contribution is -0.148. The lowest BCUT2D eigenvalue weighted by Gasteiger charge is -2.36. The Balaban J connectivity index is 1.70. The Morgan fingerprint density at radius 3 is 2.59 bits per heavy atom. The molecule has 4 rings (SSSR count). The summed E-state index contributed by atoms with van der Waals surface area (Å²) in [4.78, 5) is 31.7. The standard InChI is InChI=1S/C25H29N3O3Si/c1-32(2,3)21-14-16-28(25(31-17-29)19-9-5-4-6-10-19)23(21)24(30)27-20-13-7-11-18-12-8-15-26-22(18)20/h4-13,15,17,21,23,25H,14,16H2,1-3H3,(H,27,30)/t21-,23+,25?/m0/s1. The second-order valence-corrected chi connectivity index (χ2v) is 14.8. The molecule has 166 valence electrons. The van der Waals surface area contributed by atoms with Gasteiger partial charge in [-0.1, -0.05) is 68.2 Å². The number of nitrogens with one attached hydrogen (secondary N) is 1. The monoisotopic (exact) mass is 447 g/mol. The fourth-order valence-corrected chi connectivity index (χ4v) is 7.03. The highest BCUT2D eigenvalue weighted by atomic mass is 28.3. The number of hydrogen-bond acceptors (Lipinski definition) is 5. The van der Waals surface area contributed by atoms with Gasteiger partial charge in [0, 0.05) is 31.8 Å². The van der Waals surface area contributed by atoms with E-state index in [1.165, 1.54) is 0 Å². The minimum absolute atomic E-state index is 0.0801. The van der Waals surface area contributed by atoms with Crippen LogP contribution in [0.2, 0.25) is 25.2 Å². The van der Waals surface area contributed by atoms with Gasteiger partial charge < -0.3 is 10.1 Å². The van der Waals surface area contributed by atoms with Crippen molar-refractivity contribution >= 4 is 37.0 Å². The number of benzene rings is 2. The summed E-state index contributed by atoms with van der Waals surface area (Å²) in [5, 5.41) is 4.12. The van der Waals surface area contributed by atoms with E-state index < -0.39 is 20.3 Å². The summed E-state index contributed by atoms with van der Waals surface area (Å²) in [5.74, 6) is -0.0801. The molecular formula is C25H29N3O3Si. The number of anilines is 1. The van der Waals surface area contributed by atoms with Crippen molar-refractivity contribution in [1.82, 2.24) is 9.88 Å². The van der Waals surface area contributed by atoms with Crippen LogP contribution in [0.3, 0.4) is 0 Å². The van der Waals surface area contributed by atoms with Crippen LogP contribution in [0.25, 0.3) is 10.9 Å². The van der Waals surface area contributed by atoms with Crippen molar-refractivity contribution in [1.29, 1.82) is 0 Å². The van der Waals surface area contributed by atoms with Crippen LogP contribution >= 0.6 is 0 Å². The molecule has 3 aromatic rings. The highest BCUT2D eigenvalue weighted by molar-refractivity contribution is 6.78. The first kappa shape index (κ1) is 22.2. The number of para-hydroxylation sites is 1. The smallest absolute Gasteiger partial charge is 0.294 e. The molecule has 0 spiro atoms. The third-order valence-corrected chi connectivity index (χ3v) is 9.11. The highest BCUT2D eigenvalue weighted by Crippen LogP contribution is 2.42. The Bertz CT molecular complexity index is 1100. The zero-order valence-corrected chi connectivity index (χ0v) is 19.7. The maximum absolute atomic E-state index is 13.8. The zero-order chi connectivity index (χ0) is 22.7. The van der Waals surface area contributed by atoms with E-state index in [-0.39, 0.29) is 11.4 Å². The summed E-state index contributed by atoms with van der Waals surface area (Å²) >= 11 is 0. The first-order chi connectivity index (χ1) is 15.4. The summed E-state index contributed by atoms with van der Waals surface area (Å²) < 4.78 is 5.54. The number of carbonyl (C=O) groups excluding carboxylic acids is 2. The van der Waals surface area contributed by atoms with Gasteiger partial charge in [0.1, 0.15) is 0 Å². The number of ether oxygens (including phenoxy) is 1. The highest BCUT2D eigenvalue weighted by Gasteiger charge is 2.48. The summed E-state index contributed by atoms with van der Waals surface area (Å²) in [6.07, 6.45) is 2.03. The summed E-state index contributed by atoms with van der Waals surface area (Å²) in [5.41, 5.74) is 2.55. The Hall–Kier alpha value is -3.03. The van der Waals surface area contributed by atoms with E-state index in [2.05, 4.69) is 29.9 Å². The maximum Gasteiger partial charge on any atom is 0.294 e. The molecule has 2 heterocycles. The second kappa shape index (κ2) is 9.22. The quantitative estimate of drug-likeness (QED) is 0.415. The fraction of sp³-hybridized carbons (Fsp3) is 0.320. The molecule has 1 N–H and O–H groups in total. The molecule has 32 heavy (non-hydrogen) atoms. The number of pyridine rings is 1. The Morgan fingerprint density at radius 2 is 1.88 bits per heavy atom. The van der Waals surface area contributed by atoms with E-state index in [0.717, 1.165) is 22.9 Å². The third-order valence-electron chi connectivity index (χ3n) is 6.28. The molecule has 0 saturated carbocycles. The minimum atomic E-state index is -1.69. The van der Waals surface area contributed by atoms with Crippen molar-refractivity contribution in [3.8, 4) is 0 Å². The molecule has 1 unspecified atom stereocenters. The van der Waals surface area contributed by atoms with Crippen LogP contribution in [-0.4, -0.2) is 42.9 Å². The largest absolute Gasteiger partial charge is 0.444 e. The molecule has 7 heteroatoms. The average molecular weight is 448 g/mol. The topological polar surface area (TPSA) is 71.5 Å². The lowest BCUT2D eigenvalue weighted by Crippen LogP contribution is -2.48. The zero-order valence-electron chi connectivity index (χ0n) is 18.7. The van der Waals surface area contributed by atoms with Crippen LogP contribution < -0.4 is 5.32 Å². The molecule has 1 fully saturated rings. The van der Waals surface area contributed by atoms with Gasteiger partial charge in [-0.3, -0.25) is 19.5 Å². The fourth-order valence-electron chi connectivity index (χ4n) is 4.75. The predicted octanol–water partition coefficient (Wildman–Crippen LogP) is 4.83. The second-order valence-electron chi connectivity index (χ2n) is 9.31. The molecule has 1 amide bonds. The Morgan fingerprint density at radius 1 is 1.12 bits per heavy atom. The normalized spacial score (nSPS) is 20.1. The van der Waals surface area contributed by atoms with Gasteiger partial charge in [-0.15, -0.1) is 0 Å². The molecule has 6 nitrogen and oxygen atoms in total. The molecule has 3 atom stereocenters. The number of fused-ring (bicyclic) bond motifs is 1. The van der Waals surface area contributed by atoms with Gasteiger partial charge in [0.15, 0.2) is 6.23 Å². The van der Waals surface area contributed by atoms with Crippen molar-refractivity contribution in [2.75, 3.05) is 11.9 Å². The summed E-state index contributed by atoms with van der Waals surface area (Å²) in [6.45, 7) is 8.04. The minimum Gasteiger partial charge on any atom is -0.444 e. The lowest BCUT2D eigenvalue weighted by atomic mass is 10.1. The third kappa shape index (κ3) is 4.44. The van der Waals surface area contributed by atoms with E-state index >= 15 is 0 Å². The van der Waals surface area contributed by atoms with Crippen molar-refractivity contribution in [2.24, 2.45) is 0 Å². The van der Waals surface area contributed by atoms with E-state index in [4.69, 9.17) is 4.74 Å². The maximum atomic E-state index is 13.8. The molecular weight excluding hydrogens is 418 g/mol. The van der Waals surface area contributed by atoms with E-state index in [0.29, 0.717) is 18.7 Å². The number of nitrogens with zero attached hydrogens (tertiary/aromatic N) is 2. The van der Waals surface area contributed by atoms with Crippen LogP contribution in [0, 0.1) is 0 Å². The summed E-state index contributed by atoms with van der Waals surface area (Å²) in [7, 11) is -1.69. The first-order valence-corrected chi connectivity index (χ1v) is 14.5. The molecule has 1 saturated heterocycles. The number of aromatic nitrogens is 1. The van der Waals surface area contributed by atoms with Gasteiger partial charge in [0.05, 0.1) is 17.2 Å². The van der Waals surface area contributed by atoms with Crippen LogP contribution in [0.4, 0.5) is 5.69 Å². The van der Waals surface area contributed by atoms with Gasteiger partial charge in [0.2, 0.25) is 5.91 Å². The van der Waals surface area contributed by atoms with Gasteiger partial charge in [0.25, 0.3) is 6.47 Å². The number of amides is 1. The molecule has 1 aliphatic rings. The van der Waals surface area contributed by atoms with Gasteiger partial charge in [-0.25, -0.2) is 0 Å². The van der Waals surface area contributed by atoms with Crippen molar-refractivity contribution in [2.45, 2.75) is 43.9 Å². The van der Waals surface area contributed by atoms with Crippen LogP contribution in [0.5, 0.6) is 0 Å². The first-order valence-electron chi connectivity index (χ1n) is 10.9. The number of likely N-dealkylation sites (tertiary alicyclic amines) is 1. The van der Waals surface area contributed by atoms with Crippen molar-refractivity contribution in [3.63, 3.8) is 0 Å². The van der Waals surface area contributed by atoms with Crippen LogP contribution in [0.15, 0.2) is 66.9 Å². The van der Waals surface area contributed by atoms with Crippen molar-refractivity contribution < 1.29 is 14.3 Å². The number of hydrogen-bond donors (Lipinski definition) is 1. The van der Waals surface area contributed by atoms with E-state index in [1.807, 2.05) is 65.6 Å². The van der Waals surface area contributed by atoms with E-state index in [9.17, 15) is 9.59 Å². The Kier molecular flexibility index (Phi) is 6.39. The average Bonchev–Trinajstić information content (AvgIpc) is 3.24. The Labute approximate surface area is 189 Å². The molecule has 1 aliphatic heterocycles. The van der Waals surface area contributed by atoms with Crippen molar-refractivity contribution in [3.05, 3.63) is 72.4 Å². The number of rotatable bonds is 7. The molecule has 0 bridgehead atoms. The molecule has 0 aliphatic carbocycles. The molecule has 2 aromatic carbocycles. The predicted molar refractivity (Wildman–Crippen MR) is 129 cm³/mol. The SMILES string of the molecule is C[Si](C)(C)[C@H]1CCN(C(OC=O)c2ccccc2)[C@H]1C(=O)Nc1cccc2cccnc12. The summed E-state index contributed by atoms with van der Waals surface area (Å²) in [6, 6.07) is 18.9. The van der Waals surface area contributed by atoms with Crippen LogP contribution in [0.1, 0.15) is 18.2 Å². The number of carbonyl (C=O) groups is 2. The van der Waals surface area contributed by atoms with Gasteiger partial charge in [-0.2, -0.15) is 0 Å². The molecule has 1 aromatic heterocycles. The van der Waals surface area contributed by atoms with Gasteiger partial charge in [-0.05, 0) is 24.1 Å². The van der Waals surface area contributed by atoms with Crippen LogP contribution in [-0.2, 0) is 14.3 Å².